The summed E-state index contributed by atoms with van der Waals surface area (Å²) < 4.78 is 93.0. The van der Waals surface area contributed by atoms with Crippen molar-refractivity contribution in [2.24, 2.45) is 17.8 Å². The first-order valence-corrected chi connectivity index (χ1v) is 14.5. The van der Waals surface area contributed by atoms with E-state index in [1.54, 1.807) is 0 Å². The minimum absolute atomic E-state index is 0.0674. The van der Waals surface area contributed by atoms with Gasteiger partial charge < -0.3 is 14.4 Å². The van der Waals surface area contributed by atoms with Crippen LogP contribution in [-0.4, -0.2) is 46.6 Å². The second-order valence-corrected chi connectivity index (χ2v) is 12.5. The smallest absolute Gasteiger partial charge is 0.416 e. The van der Waals surface area contributed by atoms with E-state index in [2.05, 4.69) is 9.88 Å². The van der Waals surface area contributed by atoms with Crippen LogP contribution >= 0.6 is 0 Å². The molecule has 3 saturated carbocycles. The number of carbonyl (C=O) groups excluding carboxylic acids is 1. The Bertz CT molecular complexity index is 1530. The second kappa shape index (κ2) is 10.1. The molecule has 2 aromatic carbocycles. The maximum absolute atomic E-state index is 15.1. The van der Waals surface area contributed by atoms with Gasteiger partial charge in [0.05, 0.1) is 23.0 Å². The van der Waals surface area contributed by atoms with Gasteiger partial charge in [-0.05, 0) is 68.4 Å². The van der Waals surface area contributed by atoms with Crippen molar-refractivity contribution in [2.75, 3.05) is 24.5 Å². The van der Waals surface area contributed by atoms with Crippen LogP contribution in [0.1, 0.15) is 55.2 Å². The zero-order valence-electron chi connectivity index (χ0n) is 23.0. The van der Waals surface area contributed by atoms with Gasteiger partial charge in [-0.3, -0.25) is 9.69 Å². The Balaban J connectivity index is 1.28. The third kappa shape index (κ3) is 5.02. The zero-order valence-corrected chi connectivity index (χ0v) is 23.0. The van der Waals surface area contributed by atoms with E-state index in [0.29, 0.717) is 30.7 Å². The lowest BCUT2D eigenvalue weighted by Crippen LogP contribution is -2.51. The first-order chi connectivity index (χ1) is 20.4. The van der Waals surface area contributed by atoms with Crippen LogP contribution in [0, 0.1) is 35.2 Å². The molecule has 1 unspecified atom stereocenters. The minimum atomic E-state index is -5.16. The summed E-state index contributed by atoms with van der Waals surface area (Å²) >= 11 is 0. The van der Waals surface area contributed by atoms with Gasteiger partial charge in [0, 0.05) is 48.9 Å². The lowest BCUT2D eigenvalue weighted by atomic mass is 9.78. The molecule has 228 valence electrons. The van der Waals surface area contributed by atoms with Crippen LogP contribution in [0.3, 0.4) is 0 Å². The van der Waals surface area contributed by atoms with Crippen molar-refractivity contribution in [1.29, 1.82) is 0 Å². The van der Waals surface area contributed by atoms with Crippen LogP contribution in [0.15, 0.2) is 41.1 Å². The molecular weight excluding hydrogens is 576 g/mol. The molecule has 3 fully saturated rings. The highest BCUT2D eigenvalue weighted by atomic mass is 19.4. The summed E-state index contributed by atoms with van der Waals surface area (Å²) in [6.45, 7) is 1.95. The van der Waals surface area contributed by atoms with Crippen molar-refractivity contribution in [2.45, 2.75) is 56.3 Å². The number of oxazole rings is 1. The standard InChI is InChI=1S/C31H29F6N3O3/c32-20-11-23(33)27(24(34)12-20)30(42)26-22(31(35,36)37)9-19(28-38-5-6-43-28)10-25(26)40(29(30)41)15-18-7-21(8-18)39(13-16-1-2-16)14-17-3-4-17/h5-6,9-12,16-18,21,42H,1-4,7-8,13-15H2/t18-,21-,30?. The number of anilines is 1. The highest BCUT2D eigenvalue weighted by molar-refractivity contribution is 6.10. The van der Waals surface area contributed by atoms with E-state index in [1.807, 2.05) is 0 Å². The molecule has 0 saturated heterocycles. The monoisotopic (exact) mass is 605 g/mol. The molecule has 43 heavy (non-hydrogen) atoms. The van der Waals surface area contributed by atoms with Crippen LogP contribution in [0.25, 0.3) is 11.5 Å². The molecule has 7 rings (SSSR count). The van der Waals surface area contributed by atoms with Gasteiger partial charge in [-0.15, -0.1) is 0 Å². The number of aliphatic hydroxyl groups is 1. The predicted octanol–water partition coefficient (Wildman–Crippen LogP) is 6.26. The molecule has 0 bridgehead atoms. The Labute approximate surface area is 243 Å². The molecule has 6 nitrogen and oxygen atoms in total. The molecular formula is C31H29F6N3O3. The molecule has 12 heteroatoms. The van der Waals surface area contributed by atoms with Crippen molar-refractivity contribution in [1.82, 2.24) is 9.88 Å². The normalized spacial score (nSPS) is 25.4. The van der Waals surface area contributed by atoms with Gasteiger partial charge in [-0.1, -0.05) is 0 Å². The molecule has 1 atom stereocenters. The minimum Gasteiger partial charge on any atom is -0.445 e. The van der Waals surface area contributed by atoms with Gasteiger partial charge in [-0.2, -0.15) is 13.2 Å². The van der Waals surface area contributed by atoms with Crippen molar-refractivity contribution in [3.8, 4) is 11.5 Å². The summed E-state index contributed by atoms with van der Waals surface area (Å²) in [5, 5.41) is 11.8. The fraction of sp³-hybridized carbons (Fsp3) is 0.484. The fourth-order valence-corrected chi connectivity index (χ4v) is 6.69. The number of aromatic nitrogens is 1. The molecule has 0 spiro atoms. The number of halogens is 6. The van der Waals surface area contributed by atoms with E-state index in [0.717, 1.165) is 18.0 Å². The molecule has 2 heterocycles. The fourth-order valence-electron chi connectivity index (χ4n) is 6.69. The largest absolute Gasteiger partial charge is 0.445 e. The maximum Gasteiger partial charge on any atom is 0.416 e. The van der Waals surface area contributed by atoms with Crippen molar-refractivity contribution in [3.05, 3.63) is 70.9 Å². The number of carbonyl (C=O) groups is 1. The average molecular weight is 606 g/mol. The predicted molar refractivity (Wildman–Crippen MR) is 142 cm³/mol. The van der Waals surface area contributed by atoms with E-state index < -0.39 is 51.8 Å². The lowest BCUT2D eigenvalue weighted by molar-refractivity contribution is -0.142. The van der Waals surface area contributed by atoms with Crippen molar-refractivity contribution < 1.29 is 40.7 Å². The van der Waals surface area contributed by atoms with Crippen molar-refractivity contribution in [3.63, 3.8) is 0 Å². The summed E-state index contributed by atoms with van der Waals surface area (Å²) in [7, 11) is 0. The van der Waals surface area contributed by atoms with E-state index in [1.165, 1.54) is 44.2 Å². The van der Waals surface area contributed by atoms with E-state index in [-0.39, 0.29) is 47.8 Å². The summed E-state index contributed by atoms with van der Waals surface area (Å²) in [6, 6.07) is 2.56. The number of hydrogen-bond acceptors (Lipinski definition) is 5. The third-order valence-electron chi connectivity index (χ3n) is 9.23. The highest BCUT2D eigenvalue weighted by Crippen LogP contribution is 2.53. The topological polar surface area (TPSA) is 69.8 Å². The lowest BCUT2D eigenvalue weighted by Gasteiger charge is -2.44. The van der Waals surface area contributed by atoms with E-state index >= 15 is 8.78 Å². The number of rotatable bonds is 9. The van der Waals surface area contributed by atoms with Gasteiger partial charge in [0.15, 0.2) is 0 Å². The number of hydrogen-bond donors (Lipinski definition) is 1. The van der Waals surface area contributed by atoms with E-state index in [4.69, 9.17) is 4.42 Å². The Kier molecular flexibility index (Phi) is 6.66. The molecule has 0 radical (unpaired) electrons. The summed E-state index contributed by atoms with van der Waals surface area (Å²) in [6.07, 6.45) is 3.48. The zero-order chi connectivity index (χ0) is 30.3. The summed E-state index contributed by atoms with van der Waals surface area (Å²) in [5.74, 6) is -4.94. The van der Waals surface area contributed by atoms with Crippen molar-refractivity contribution >= 4 is 11.6 Å². The Morgan fingerprint density at radius 1 is 0.953 bits per heavy atom. The van der Waals surface area contributed by atoms with Gasteiger partial charge in [0.2, 0.25) is 11.5 Å². The number of fused-ring (bicyclic) bond motifs is 1. The van der Waals surface area contributed by atoms with Gasteiger partial charge >= 0.3 is 6.18 Å². The third-order valence-corrected chi connectivity index (χ3v) is 9.23. The number of benzene rings is 2. The SMILES string of the molecule is O=C1N(C[C@H]2C[C@H](N(CC3CC3)CC3CC3)C2)c2cc(-c3ncco3)cc(C(F)(F)F)c2C1(O)c1c(F)cc(F)cc1F. The summed E-state index contributed by atoms with van der Waals surface area (Å²) in [5.41, 5.74) is -7.73. The Morgan fingerprint density at radius 3 is 2.12 bits per heavy atom. The number of amides is 1. The number of alkyl halides is 3. The molecule has 1 N–H and O–H groups in total. The number of nitrogens with zero attached hydrogens (tertiary/aromatic N) is 3. The Morgan fingerprint density at radius 2 is 1.58 bits per heavy atom. The first-order valence-electron chi connectivity index (χ1n) is 14.5. The summed E-state index contributed by atoms with van der Waals surface area (Å²) in [4.78, 5) is 21.4. The van der Waals surface area contributed by atoms with Crippen LogP contribution in [0.4, 0.5) is 32.0 Å². The highest BCUT2D eigenvalue weighted by Gasteiger charge is 2.58. The van der Waals surface area contributed by atoms with Gasteiger partial charge in [0.25, 0.3) is 5.91 Å². The quantitative estimate of drug-likeness (QED) is 0.292. The van der Waals surface area contributed by atoms with Crippen LogP contribution in [-0.2, 0) is 16.6 Å². The average Bonchev–Trinajstić information content (AvgIpc) is 3.83. The van der Waals surface area contributed by atoms with Gasteiger partial charge in [-0.25, -0.2) is 18.2 Å². The molecule has 1 aromatic heterocycles. The molecule has 4 aliphatic rings. The Hall–Kier alpha value is -3.38. The second-order valence-electron chi connectivity index (χ2n) is 12.5. The van der Waals surface area contributed by atoms with Crippen LogP contribution in [0.2, 0.25) is 0 Å². The van der Waals surface area contributed by atoms with Gasteiger partial charge in [0.1, 0.15) is 23.7 Å². The van der Waals surface area contributed by atoms with E-state index in [9.17, 15) is 27.5 Å². The maximum atomic E-state index is 15.1. The first kappa shape index (κ1) is 28.4. The van der Waals surface area contributed by atoms with Crippen LogP contribution in [0.5, 0.6) is 0 Å². The van der Waals surface area contributed by atoms with Crippen LogP contribution < -0.4 is 4.90 Å². The molecule has 1 aliphatic heterocycles. The molecule has 1 amide bonds. The molecule has 3 aromatic rings. The molecule has 3 aliphatic carbocycles.